The monoisotopic (exact) mass is 212 g/mol. The van der Waals surface area contributed by atoms with E-state index in [1.807, 2.05) is 0 Å². The van der Waals surface area contributed by atoms with Crippen LogP contribution in [0, 0.1) is 0 Å². The van der Waals surface area contributed by atoms with Crippen molar-refractivity contribution in [3.05, 3.63) is 16.1 Å². The summed E-state index contributed by atoms with van der Waals surface area (Å²) in [6.07, 6.45) is 3.58. The van der Waals surface area contributed by atoms with Crippen LogP contribution in [0.5, 0.6) is 0 Å². The Morgan fingerprint density at radius 3 is 2.79 bits per heavy atom. The number of thiazole rings is 1. The first-order chi connectivity index (χ1) is 6.60. The highest BCUT2D eigenvalue weighted by Crippen LogP contribution is 2.24. The Kier molecular flexibility index (Phi) is 4.08. The van der Waals surface area contributed by atoms with Gasteiger partial charge in [0.05, 0.1) is 10.7 Å². The molecule has 80 valence electrons. The number of nitrogens with zero attached hydrogens (tertiary/aromatic N) is 1. The zero-order valence-electron chi connectivity index (χ0n) is 9.34. The van der Waals surface area contributed by atoms with Gasteiger partial charge in [-0.2, -0.15) is 0 Å². The summed E-state index contributed by atoms with van der Waals surface area (Å²) in [5.41, 5.74) is 6.89. The molecule has 0 saturated carbocycles. The Morgan fingerprint density at radius 1 is 1.50 bits per heavy atom. The average Bonchev–Trinajstić information content (AvgIpc) is 2.63. The molecule has 0 spiro atoms. The van der Waals surface area contributed by atoms with Crippen molar-refractivity contribution >= 4 is 11.3 Å². The van der Waals surface area contributed by atoms with Crippen LogP contribution in [-0.4, -0.2) is 11.5 Å². The molecule has 2 N–H and O–H groups in total. The minimum atomic E-state index is 0.0287. The van der Waals surface area contributed by atoms with Crippen LogP contribution in [0.2, 0.25) is 0 Å². The van der Waals surface area contributed by atoms with E-state index < -0.39 is 0 Å². The fourth-order valence-electron chi connectivity index (χ4n) is 1.17. The molecule has 0 fully saturated rings. The van der Waals surface area contributed by atoms with Crippen LogP contribution < -0.4 is 5.73 Å². The summed E-state index contributed by atoms with van der Waals surface area (Å²) in [4.78, 5) is 4.63. The number of aromatic nitrogens is 1. The summed E-state index contributed by atoms with van der Waals surface area (Å²) in [5.74, 6) is 0. The van der Waals surface area contributed by atoms with Gasteiger partial charge >= 0.3 is 0 Å². The lowest BCUT2D eigenvalue weighted by Gasteiger charge is -2.19. The molecule has 0 bridgehead atoms. The van der Waals surface area contributed by atoms with E-state index in [0.29, 0.717) is 6.54 Å². The summed E-state index contributed by atoms with van der Waals surface area (Å²) in [6, 6.07) is 0. The molecule has 1 rings (SSSR count). The van der Waals surface area contributed by atoms with Crippen molar-refractivity contribution in [1.82, 2.24) is 4.98 Å². The van der Waals surface area contributed by atoms with Crippen LogP contribution in [0.3, 0.4) is 0 Å². The van der Waals surface area contributed by atoms with Gasteiger partial charge in [0.2, 0.25) is 0 Å². The maximum Gasteiger partial charge on any atom is 0.0928 e. The SMILES string of the molecule is CCCCc1nc(C(C)(C)CN)cs1. The highest BCUT2D eigenvalue weighted by atomic mass is 32.1. The van der Waals surface area contributed by atoms with Crippen LogP contribution in [0.4, 0.5) is 0 Å². The van der Waals surface area contributed by atoms with Crippen molar-refractivity contribution in [3.63, 3.8) is 0 Å². The van der Waals surface area contributed by atoms with Gasteiger partial charge in [-0.25, -0.2) is 4.98 Å². The lowest BCUT2D eigenvalue weighted by atomic mass is 9.90. The van der Waals surface area contributed by atoms with E-state index in [0.717, 1.165) is 12.1 Å². The molecule has 1 aromatic heterocycles. The lowest BCUT2D eigenvalue weighted by Crippen LogP contribution is -2.28. The minimum absolute atomic E-state index is 0.0287. The predicted octanol–water partition coefficient (Wildman–Crippen LogP) is 2.72. The average molecular weight is 212 g/mol. The van der Waals surface area contributed by atoms with Crippen molar-refractivity contribution in [2.75, 3.05) is 6.54 Å². The summed E-state index contributed by atoms with van der Waals surface area (Å²) >= 11 is 1.77. The molecule has 1 heterocycles. The van der Waals surface area contributed by atoms with Crippen LogP contribution in [-0.2, 0) is 11.8 Å². The molecule has 0 radical (unpaired) electrons. The maximum atomic E-state index is 5.71. The Morgan fingerprint density at radius 2 is 2.21 bits per heavy atom. The smallest absolute Gasteiger partial charge is 0.0928 e. The van der Waals surface area contributed by atoms with E-state index in [2.05, 4.69) is 31.1 Å². The molecule has 0 aromatic carbocycles. The fourth-order valence-corrected chi connectivity index (χ4v) is 2.20. The van der Waals surface area contributed by atoms with Gasteiger partial charge in [0.25, 0.3) is 0 Å². The number of rotatable bonds is 5. The summed E-state index contributed by atoms with van der Waals surface area (Å²) < 4.78 is 0. The minimum Gasteiger partial charge on any atom is -0.330 e. The molecule has 0 aliphatic heterocycles. The second-order valence-electron chi connectivity index (χ2n) is 4.32. The topological polar surface area (TPSA) is 38.9 Å². The van der Waals surface area contributed by atoms with Crippen molar-refractivity contribution in [2.24, 2.45) is 5.73 Å². The van der Waals surface area contributed by atoms with Crippen LogP contribution in [0.25, 0.3) is 0 Å². The van der Waals surface area contributed by atoms with Crippen molar-refractivity contribution in [1.29, 1.82) is 0 Å². The summed E-state index contributed by atoms with van der Waals surface area (Å²) in [7, 11) is 0. The maximum absolute atomic E-state index is 5.71. The summed E-state index contributed by atoms with van der Waals surface area (Å²) in [5, 5.41) is 3.40. The van der Waals surface area contributed by atoms with Gasteiger partial charge in [-0.15, -0.1) is 11.3 Å². The molecule has 0 aliphatic carbocycles. The molecular formula is C11H20N2S. The Hall–Kier alpha value is -0.410. The molecule has 0 atom stereocenters. The number of hydrogen-bond acceptors (Lipinski definition) is 3. The van der Waals surface area contributed by atoms with Gasteiger partial charge in [0, 0.05) is 17.3 Å². The number of nitrogens with two attached hydrogens (primary N) is 1. The van der Waals surface area contributed by atoms with Crippen molar-refractivity contribution in [2.45, 2.75) is 45.4 Å². The van der Waals surface area contributed by atoms with E-state index in [1.165, 1.54) is 17.8 Å². The van der Waals surface area contributed by atoms with Gasteiger partial charge < -0.3 is 5.73 Å². The molecule has 1 aromatic rings. The van der Waals surface area contributed by atoms with E-state index >= 15 is 0 Å². The first kappa shape index (κ1) is 11.7. The Balaban J connectivity index is 2.67. The van der Waals surface area contributed by atoms with E-state index in [9.17, 15) is 0 Å². The highest BCUT2D eigenvalue weighted by Gasteiger charge is 2.21. The lowest BCUT2D eigenvalue weighted by molar-refractivity contribution is 0.523. The molecule has 0 saturated heterocycles. The van der Waals surface area contributed by atoms with Crippen molar-refractivity contribution < 1.29 is 0 Å². The quantitative estimate of drug-likeness (QED) is 0.815. The van der Waals surface area contributed by atoms with Gasteiger partial charge in [0.1, 0.15) is 0 Å². The van der Waals surface area contributed by atoms with Crippen LogP contribution >= 0.6 is 11.3 Å². The third-order valence-corrected chi connectivity index (χ3v) is 3.41. The predicted molar refractivity (Wildman–Crippen MR) is 62.8 cm³/mol. The third-order valence-electron chi connectivity index (χ3n) is 2.50. The zero-order chi connectivity index (χ0) is 10.6. The molecule has 0 aliphatic rings. The van der Waals surface area contributed by atoms with Gasteiger partial charge in [0.15, 0.2) is 0 Å². The Bertz CT molecular complexity index is 279. The first-order valence-electron chi connectivity index (χ1n) is 5.25. The molecule has 0 amide bonds. The molecule has 3 heteroatoms. The van der Waals surface area contributed by atoms with Crippen LogP contribution in [0.1, 0.15) is 44.3 Å². The first-order valence-corrected chi connectivity index (χ1v) is 6.13. The standard InChI is InChI=1S/C11H20N2S/c1-4-5-6-10-13-9(7-14-10)11(2,3)8-12/h7H,4-6,8,12H2,1-3H3. The third kappa shape index (κ3) is 2.79. The number of unbranched alkanes of at least 4 members (excludes halogenated alkanes) is 1. The van der Waals surface area contributed by atoms with Crippen molar-refractivity contribution in [3.8, 4) is 0 Å². The fraction of sp³-hybridized carbons (Fsp3) is 0.727. The second kappa shape index (κ2) is 4.89. The molecule has 0 unspecified atom stereocenters. The zero-order valence-corrected chi connectivity index (χ0v) is 10.2. The molecule has 14 heavy (non-hydrogen) atoms. The largest absolute Gasteiger partial charge is 0.330 e. The van der Waals surface area contributed by atoms with Crippen LogP contribution in [0.15, 0.2) is 5.38 Å². The summed E-state index contributed by atoms with van der Waals surface area (Å²) in [6.45, 7) is 7.15. The normalized spacial score (nSPS) is 12.0. The number of aryl methyl sites for hydroxylation is 1. The Labute approximate surface area is 90.6 Å². The van der Waals surface area contributed by atoms with E-state index in [-0.39, 0.29) is 5.41 Å². The van der Waals surface area contributed by atoms with Gasteiger partial charge in [-0.05, 0) is 12.8 Å². The van der Waals surface area contributed by atoms with Gasteiger partial charge in [-0.1, -0.05) is 27.2 Å². The number of hydrogen-bond donors (Lipinski definition) is 1. The van der Waals surface area contributed by atoms with E-state index in [1.54, 1.807) is 11.3 Å². The second-order valence-corrected chi connectivity index (χ2v) is 5.26. The molecule has 2 nitrogen and oxygen atoms in total. The van der Waals surface area contributed by atoms with E-state index in [4.69, 9.17) is 5.73 Å². The highest BCUT2D eigenvalue weighted by molar-refractivity contribution is 7.09. The van der Waals surface area contributed by atoms with Gasteiger partial charge in [-0.3, -0.25) is 0 Å². The molecular weight excluding hydrogens is 192 g/mol.